The lowest BCUT2D eigenvalue weighted by atomic mass is 10.5. The van der Waals surface area contributed by atoms with E-state index in [0.717, 1.165) is 4.90 Å². The molecule has 0 N–H and O–H groups in total. The van der Waals surface area contributed by atoms with Crippen LogP contribution in [0.5, 0.6) is 0 Å². The van der Waals surface area contributed by atoms with Gasteiger partial charge in [-0.3, -0.25) is 14.5 Å². The number of imide groups is 1. The highest BCUT2D eigenvalue weighted by atomic mass is 16.6. The van der Waals surface area contributed by atoms with Crippen molar-refractivity contribution in [2.24, 2.45) is 0 Å². The molecule has 1 aliphatic heterocycles. The van der Waals surface area contributed by atoms with Crippen molar-refractivity contribution in [3.8, 4) is 0 Å². The Bertz CT molecular complexity index is 709. The first-order valence-electron chi connectivity index (χ1n) is 15.4. The predicted octanol–water partition coefficient (Wildman–Crippen LogP) is 0.254. The van der Waals surface area contributed by atoms with Gasteiger partial charge in [0.15, 0.2) is 0 Å². The van der Waals surface area contributed by atoms with E-state index >= 15 is 0 Å². The molecule has 0 aromatic carbocycles. The topological polar surface area (TPSA) is 148 Å². The molecule has 0 atom stereocenters. The van der Waals surface area contributed by atoms with E-state index in [4.69, 9.17) is 56.8 Å². The Labute approximate surface area is 266 Å². The second-order valence-electron chi connectivity index (χ2n) is 8.94. The molecule has 0 unspecified atom stereocenters. The van der Waals surface area contributed by atoms with Crippen LogP contribution in [0.1, 0.15) is 0 Å². The van der Waals surface area contributed by atoms with Crippen LogP contribution in [0.4, 0.5) is 0 Å². The average molecular weight is 652 g/mol. The smallest absolute Gasteiger partial charge is 0.253 e. The summed E-state index contributed by atoms with van der Waals surface area (Å²) in [6.07, 6.45) is 3.90. The standard InChI is InChI=1S/C30H53NO14/c1-2-34-7-8-36-11-12-38-15-16-40-19-20-42-23-24-44-27-28-45-26-25-43-22-21-41-18-17-39-14-13-37-10-9-35-6-5-31-29(32)3-4-30(31)33/h2-4H,1,5-28H2. The molecule has 0 radical (unpaired) electrons. The number of carbonyl (C=O) groups excluding carboxylic acids is 2. The molecule has 1 rings (SSSR count). The van der Waals surface area contributed by atoms with E-state index in [1.54, 1.807) is 0 Å². The average Bonchev–Trinajstić information content (AvgIpc) is 3.37. The third-order valence-corrected chi connectivity index (χ3v) is 5.54. The molecule has 0 aliphatic carbocycles. The van der Waals surface area contributed by atoms with Gasteiger partial charge in [-0.2, -0.15) is 0 Å². The summed E-state index contributed by atoms with van der Waals surface area (Å²) >= 11 is 0. The van der Waals surface area contributed by atoms with Crippen LogP contribution in [0.15, 0.2) is 25.0 Å². The maximum absolute atomic E-state index is 11.4. The maximum atomic E-state index is 11.4. The molecule has 15 heteroatoms. The van der Waals surface area contributed by atoms with Crippen molar-refractivity contribution in [1.29, 1.82) is 0 Å². The Kier molecular flexibility index (Phi) is 30.4. The summed E-state index contributed by atoms with van der Waals surface area (Å²) in [4.78, 5) is 23.9. The fraction of sp³-hybridized carbons (Fsp3) is 0.800. The van der Waals surface area contributed by atoms with Gasteiger partial charge in [0.1, 0.15) is 6.61 Å². The zero-order valence-electron chi connectivity index (χ0n) is 26.6. The SMILES string of the molecule is C=COCCOCCOCCOCCOCCOCCOCCOCCOCCOCCOCCOCCN1C(=O)C=CC1=O. The third kappa shape index (κ3) is 28.0. The van der Waals surface area contributed by atoms with E-state index in [0.29, 0.717) is 145 Å². The Morgan fingerprint density at radius 3 is 0.867 bits per heavy atom. The van der Waals surface area contributed by atoms with Crippen LogP contribution in [0.25, 0.3) is 0 Å². The van der Waals surface area contributed by atoms with E-state index in [1.165, 1.54) is 18.4 Å². The number of nitrogens with zero attached hydrogens (tertiary/aromatic N) is 1. The zero-order valence-corrected chi connectivity index (χ0v) is 26.6. The summed E-state index contributed by atoms with van der Waals surface area (Å²) < 4.78 is 64.5. The molecule has 262 valence electrons. The molecule has 1 aliphatic rings. The highest BCUT2D eigenvalue weighted by Gasteiger charge is 2.22. The number of carbonyl (C=O) groups is 2. The van der Waals surface area contributed by atoms with Crippen LogP contribution in [0, 0.1) is 0 Å². The fourth-order valence-corrected chi connectivity index (χ4v) is 3.30. The quantitative estimate of drug-likeness (QED) is 0.0514. The molecular formula is C30H53NO14. The van der Waals surface area contributed by atoms with Crippen molar-refractivity contribution in [2.45, 2.75) is 0 Å². The summed E-state index contributed by atoms with van der Waals surface area (Å²) in [6, 6.07) is 0. The van der Waals surface area contributed by atoms with Gasteiger partial charge >= 0.3 is 0 Å². The second kappa shape index (κ2) is 33.3. The molecule has 0 spiro atoms. The largest absolute Gasteiger partial charge is 0.499 e. The van der Waals surface area contributed by atoms with Crippen molar-refractivity contribution in [3.63, 3.8) is 0 Å². The predicted molar refractivity (Wildman–Crippen MR) is 161 cm³/mol. The van der Waals surface area contributed by atoms with Gasteiger partial charge in [-0.1, -0.05) is 6.58 Å². The van der Waals surface area contributed by atoms with Gasteiger partial charge in [0, 0.05) is 12.2 Å². The minimum Gasteiger partial charge on any atom is -0.499 e. The Balaban J connectivity index is 1.62. The number of ether oxygens (including phenoxy) is 12. The summed E-state index contributed by atoms with van der Waals surface area (Å²) in [5.74, 6) is -0.615. The molecule has 2 amide bonds. The van der Waals surface area contributed by atoms with Gasteiger partial charge in [-0.15, -0.1) is 0 Å². The molecule has 0 aromatic heterocycles. The molecule has 0 aromatic rings. The van der Waals surface area contributed by atoms with Gasteiger partial charge in [0.2, 0.25) is 0 Å². The zero-order chi connectivity index (χ0) is 32.3. The van der Waals surface area contributed by atoms with Crippen LogP contribution in [-0.2, 0) is 66.4 Å². The molecule has 1 heterocycles. The van der Waals surface area contributed by atoms with E-state index < -0.39 is 0 Å². The van der Waals surface area contributed by atoms with Crippen LogP contribution < -0.4 is 0 Å². The minimum absolute atomic E-state index is 0.239. The lowest BCUT2D eigenvalue weighted by Crippen LogP contribution is -2.33. The highest BCUT2D eigenvalue weighted by Crippen LogP contribution is 2.02. The number of rotatable bonds is 37. The van der Waals surface area contributed by atoms with Crippen LogP contribution in [0.2, 0.25) is 0 Å². The van der Waals surface area contributed by atoms with Gasteiger partial charge in [-0.05, 0) is 0 Å². The molecule has 0 bridgehead atoms. The van der Waals surface area contributed by atoms with Crippen LogP contribution >= 0.6 is 0 Å². The maximum Gasteiger partial charge on any atom is 0.253 e. The summed E-state index contributed by atoms with van der Waals surface area (Å²) in [7, 11) is 0. The second-order valence-corrected chi connectivity index (χ2v) is 8.94. The molecular weight excluding hydrogens is 598 g/mol. The Morgan fingerprint density at radius 1 is 0.400 bits per heavy atom. The fourth-order valence-electron chi connectivity index (χ4n) is 3.30. The first-order chi connectivity index (χ1) is 22.3. The minimum atomic E-state index is -0.307. The number of hydrogen-bond donors (Lipinski definition) is 0. The molecule has 0 saturated heterocycles. The van der Waals surface area contributed by atoms with E-state index in [2.05, 4.69) is 6.58 Å². The van der Waals surface area contributed by atoms with Gasteiger partial charge in [0.05, 0.1) is 158 Å². The van der Waals surface area contributed by atoms with Crippen LogP contribution in [-0.4, -0.2) is 175 Å². The Morgan fingerprint density at radius 2 is 0.622 bits per heavy atom. The molecule has 0 saturated carbocycles. The lowest BCUT2D eigenvalue weighted by molar-refractivity contribution is -0.137. The highest BCUT2D eigenvalue weighted by molar-refractivity contribution is 6.12. The van der Waals surface area contributed by atoms with Crippen molar-refractivity contribution in [3.05, 3.63) is 25.0 Å². The normalized spacial score (nSPS) is 12.9. The first kappa shape index (κ1) is 41.0. The Hall–Kier alpha value is -2.02. The van der Waals surface area contributed by atoms with Crippen molar-refractivity contribution in [2.75, 3.05) is 159 Å². The summed E-state index contributed by atoms with van der Waals surface area (Å²) in [5, 5.41) is 0. The van der Waals surface area contributed by atoms with Crippen LogP contribution in [0.3, 0.4) is 0 Å². The molecule has 15 nitrogen and oxygen atoms in total. The lowest BCUT2D eigenvalue weighted by Gasteiger charge is -2.13. The van der Waals surface area contributed by atoms with E-state index in [-0.39, 0.29) is 25.0 Å². The van der Waals surface area contributed by atoms with E-state index in [1.807, 2.05) is 0 Å². The van der Waals surface area contributed by atoms with Gasteiger partial charge in [-0.25, -0.2) is 0 Å². The van der Waals surface area contributed by atoms with Crippen molar-refractivity contribution >= 4 is 11.8 Å². The third-order valence-electron chi connectivity index (χ3n) is 5.54. The summed E-state index contributed by atoms with van der Waals surface area (Å²) in [6.45, 7) is 14.6. The van der Waals surface area contributed by atoms with Crippen molar-refractivity contribution < 1.29 is 66.4 Å². The molecule has 45 heavy (non-hydrogen) atoms. The molecule has 0 fully saturated rings. The van der Waals surface area contributed by atoms with Gasteiger partial charge < -0.3 is 56.8 Å². The monoisotopic (exact) mass is 651 g/mol. The van der Waals surface area contributed by atoms with Crippen molar-refractivity contribution in [1.82, 2.24) is 4.90 Å². The number of amides is 2. The summed E-state index contributed by atoms with van der Waals surface area (Å²) in [5.41, 5.74) is 0. The number of hydrogen-bond acceptors (Lipinski definition) is 14. The first-order valence-corrected chi connectivity index (χ1v) is 15.4. The van der Waals surface area contributed by atoms with E-state index in [9.17, 15) is 9.59 Å². The van der Waals surface area contributed by atoms with Gasteiger partial charge in [0.25, 0.3) is 11.8 Å².